The number of hydrogen-bond acceptors (Lipinski definition) is 1. The minimum absolute atomic E-state index is 0.873. The fourth-order valence-electron chi connectivity index (χ4n) is 2.43. The molecule has 0 atom stereocenters. The van der Waals surface area contributed by atoms with E-state index in [1.54, 1.807) is 6.08 Å². The molecule has 1 nitrogen and oxygen atoms in total. The van der Waals surface area contributed by atoms with Gasteiger partial charge in [-0.3, -0.25) is 0 Å². The molecule has 0 saturated heterocycles. The van der Waals surface area contributed by atoms with Crippen LogP contribution < -0.4 is 0 Å². The first-order valence-corrected chi connectivity index (χ1v) is 10.1. The Morgan fingerprint density at radius 1 is 1.11 bits per heavy atom. The van der Waals surface area contributed by atoms with Crippen molar-refractivity contribution in [3.05, 3.63) is 70.9 Å². The molecule has 1 aliphatic heterocycles. The standard InChI is InChI=1S/C17H26OS/c1-8-12-16-14(10-3)18-15(11-4)17(13-9-2)19(16,5,6)7/h8-13,19H,1,4H2,2-3,5-7H3/b13-9-,14-10+,16-12+. The van der Waals surface area contributed by atoms with Gasteiger partial charge < -0.3 is 4.74 Å². The first kappa shape index (κ1) is 15.6. The summed E-state index contributed by atoms with van der Waals surface area (Å²) < 4.78 is 6.00. The van der Waals surface area contributed by atoms with Gasteiger partial charge in [-0.1, -0.05) is 31.4 Å². The summed E-state index contributed by atoms with van der Waals surface area (Å²) >= 11 is 0. The van der Waals surface area contributed by atoms with E-state index < -0.39 is 9.16 Å². The molecule has 0 spiro atoms. The number of thiol groups is 1. The van der Waals surface area contributed by atoms with E-state index in [1.165, 1.54) is 9.81 Å². The molecule has 0 aromatic carbocycles. The molecule has 0 bridgehead atoms. The molecule has 0 aromatic rings. The van der Waals surface area contributed by atoms with Gasteiger partial charge in [-0.05, 0) is 50.8 Å². The quantitative estimate of drug-likeness (QED) is 0.720. The van der Waals surface area contributed by atoms with Gasteiger partial charge >= 0.3 is 0 Å². The van der Waals surface area contributed by atoms with Gasteiger partial charge in [-0.25, -0.2) is 9.16 Å². The second kappa shape index (κ2) is 5.30. The Labute approximate surface area is 118 Å². The van der Waals surface area contributed by atoms with Crippen molar-refractivity contribution in [2.45, 2.75) is 13.8 Å². The van der Waals surface area contributed by atoms with Crippen LogP contribution in [0.15, 0.2) is 70.9 Å². The monoisotopic (exact) mass is 278 g/mol. The van der Waals surface area contributed by atoms with Crippen LogP contribution >= 0.6 is 9.16 Å². The van der Waals surface area contributed by atoms with Crippen molar-refractivity contribution in [1.29, 1.82) is 0 Å². The van der Waals surface area contributed by atoms with E-state index in [0.29, 0.717) is 0 Å². The Morgan fingerprint density at radius 2 is 1.74 bits per heavy atom. The Balaban J connectivity index is 3.76. The summed E-state index contributed by atoms with van der Waals surface area (Å²) in [6, 6.07) is 0. The van der Waals surface area contributed by atoms with Crippen molar-refractivity contribution in [2.24, 2.45) is 0 Å². The summed E-state index contributed by atoms with van der Waals surface area (Å²) in [5, 5.41) is 0. The fourth-order valence-corrected chi connectivity index (χ4v) is 5.84. The number of rotatable bonds is 3. The van der Waals surface area contributed by atoms with E-state index in [9.17, 15) is 0 Å². The second-order valence-electron chi connectivity index (χ2n) is 5.79. The van der Waals surface area contributed by atoms with Gasteiger partial charge in [-0.15, -0.1) is 0 Å². The molecule has 0 unspecified atom stereocenters. The maximum atomic E-state index is 6.00. The molecular weight excluding hydrogens is 252 g/mol. The zero-order chi connectivity index (χ0) is 14.7. The third kappa shape index (κ3) is 2.64. The van der Waals surface area contributed by atoms with Gasteiger partial charge in [0.15, 0.2) is 0 Å². The molecule has 0 N–H and O–H groups in total. The number of hydrogen-bond donors (Lipinski definition) is 1. The van der Waals surface area contributed by atoms with Crippen LogP contribution in [0.3, 0.4) is 0 Å². The highest BCUT2D eigenvalue weighted by molar-refractivity contribution is 8.54. The smallest absolute Gasteiger partial charge is 0.137 e. The van der Waals surface area contributed by atoms with Crippen molar-refractivity contribution < 1.29 is 4.74 Å². The average molecular weight is 278 g/mol. The lowest BCUT2D eigenvalue weighted by Gasteiger charge is -2.57. The van der Waals surface area contributed by atoms with Gasteiger partial charge in [0.05, 0.1) is 0 Å². The van der Waals surface area contributed by atoms with Gasteiger partial charge in [0, 0.05) is 9.81 Å². The minimum Gasteiger partial charge on any atom is -0.456 e. The van der Waals surface area contributed by atoms with Crippen molar-refractivity contribution >= 4 is 9.16 Å². The van der Waals surface area contributed by atoms with Crippen LogP contribution in [0.5, 0.6) is 0 Å². The molecule has 0 aromatic heterocycles. The van der Waals surface area contributed by atoms with E-state index in [1.807, 2.05) is 26.0 Å². The van der Waals surface area contributed by atoms with E-state index in [4.69, 9.17) is 4.74 Å². The van der Waals surface area contributed by atoms with Crippen LogP contribution in [0.25, 0.3) is 0 Å². The summed E-state index contributed by atoms with van der Waals surface area (Å²) in [5.74, 6) is 1.80. The zero-order valence-corrected chi connectivity index (χ0v) is 13.6. The molecule has 106 valence electrons. The van der Waals surface area contributed by atoms with E-state index in [0.717, 1.165) is 11.5 Å². The summed E-state index contributed by atoms with van der Waals surface area (Å²) in [6.07, 6.45) is 19.0. The Kier molecular flexibility index (Phi) is 4.36. The topological polar surface area (TPSA) is 9.23 Å². The van der Waals surface area contributed by atoms with Crippen LogP contribution in [0.4, 0.5) is 0 Å². The van der Waals surface area contributed by atoms with Gasteiger partial charge in [0.1, 0.15) is 11.5 Å². The predicted molar refractivity (Wildman–Crippen MR) is 91.9 cm³/mol. The summed E-state index contributed by atoms with van der Waals surface area (Å²) in [4.78, 5) is 2.50. The van der Waals surface area contributed by atoms with E-state index in [-0.39, 0.29) is 0 Å². The van der Waals surface area contributed by atoms with Crippen molar-refractivity contribution in [3.8, 4) is 0 Å². The lowest BCUT2D eigenvalue weighted by atomic mass is 10.3. The highest BCUT2D eigenvalue weighted by atomic mass is 32.3. The van der Waals surface area contributed by atoms with Crippen LogP contribution in [0.1, 0.15) is 13.8 Å². The second-order valence-corrected chi connectivity index (χ2v) is 12.3. The Hall–Kier alpha value is -1.41. The number of allylic oxidation sites excluding steroid dienone is 6. The Bertz CT molecular complexity index is 519. The first-order valence-electron chi connectivity index (χ1n) is 6.49. The molecule has 1 heterocycles. The molecular formula is C17H26OS. The van der Waals surface area contributed by atoms with Gasteiger partial charge in [-0.2, -0.15) is 0 Å². The summed E-state index contributed by atoms with van der Waals surface area (Å²) in [7, 11) is -2.23. The summed E-state index contributed by atoms with van der Waals surface area (Å²) in [5.41, 5.74) is 0. The average Bonchev–Trinajstić information content (AvgIpc) is 2.34. The van der Waals surface area contributed by atoms with Crippen LogP contribution in [0.2, 0.25) is 0 Å². The van der Waals surface area contributed by atoms with Gasteiger partial charge in [0.25, 0.3) is 0 Å². The van der Waals surface area contributed by atoms with Crippen molar-refractivity contribution in [2.75, 3.05) is 18.8 Å². The van der Waals surface area contributed by atoms with Gasteiger partial charge in [0.2, 0.25) is 0 Å². The maximum Gasteiger partial charge on any atom is 0.137 e. The highest BCUT2D eigenvalue weighted by Gasteiger charge is 2.41. The normalized spacial score (nSPS) is 27.9. The molecule has 2 heteroatoms. The lowest BCUT2D eigenvalue weighted by Crippen LogP contribution is -2.25. The predicted octanol–water partition coefficient (Wildman–Crippen LogP) is 4.93. The molecule has 0 aliphatic carbocycles. The molecule has 1 aliphatic rings. The Morgan fingerprint density at radius 3 is 2.16 bits per heavy atom. The SMILES string of the molecule is C=C/C=C1\C(=C/C)OC(C=C)=C(/C=C\C)[SH]1(C)(C)C. The third-order valence-corrected chi connectivity index (χ3v) is 7.57. The third-order valence-electron chi connectivity index (χ3n) is 3.46. The van der Waals surface area contributed by atoms with Crippen LogP contribution in [-0.4, -0.2) is 18.8 Å². The number of ether oxygens (including phenoxy) is 1. The lowest BCUT2D eigenvalue weighted by molar-refractivity contribution is 0.329. The largest absolute Gasteiger partial charge is 0.456 e. The fraction of sp³-hybridized carbons (Fsp3) is 0.294. The molecule has 0 fully saturated rings. The van der Waals surface area contributed by atoms with Crippen LogP contribution in [-0.2, 0) is 4.74 Å². The van der Waals surface area contributed by atoms with Crippen LogP contribution in [0, 0.1) is 0 Å². The molecule has 0 radical (unpaired) electrons. The van der Waals surface area contributed by atoms with Crippen molar-refractivity contribution in [1.82, 2.24) is 0 Å². The molecule has 1 rings (SSSR count). The zero-order valence-electron chi connectivity index (χ0n) is 12.7. The highest BCUT2D eigenvalue weighted by Crippen LogP contribution is 2.77. The minimum atomic E-state index is -2.23. The van der Waals surface area contributed by atoms with Crippen molar-refractivity contribution in [3.63, 3.8) is 0 Å². The molecule has 0 amide bonds. The summed E-state index contributed by atoms with van der Waals surface area (Å²) in [6.45, 7) is 11.8. The molecule has 19 heavy (non-hydrogen) atoms. The molecule has 0 saturated carbocycles. The van der Waals surface area contributed by atoms with E-state index >= 15 is 0 Å². The van der Waals surface area contributed by atoms with E-state index in [2.05, 4.69) is 50.2 Å². The first-order chi connectivity index (χ1) is 8.80. The maximum absolute atomic E-state index is 6.00.